The van der Waals surface area contributed by atoms with E-state index in [1.54, 1.807) is 0 Å². The molecule has 1 aromatic rings. The average Bonchev–Trinajstić information content (AvgIpc) is 2.07. The molecule has 0 aliphatic rings. The van der Waals surface area contributed by atoms with E-state index in [2.05, 4.69) is 0 Å². The van der Waals surface area contributed by atoms with Crippen LogP contribution in [0.3, 0.4) is 0 Å². The normalized spacial score (nSPS) is 14.1. The molecule has 2 N–H and O–H groups in total. The van der Waals surface area contributed by atoms with Gasteiger partial charge >= 0.3 is 6.18 Å². The maximum Gasteiger partial charge on any atom is 0.407 e. The highest BCUT2D eigenvalue weighted by Gasteiger charge is 2.39. The SMILES string of the molecule is Cc1cccc([C@@H](N)C(F)(F)F)c1F. The summed E-state index contributed by atoms with van der Waals surface area (Å²) in [5.74, 6) is -0.891. The first kappa shape index (κ1) is 11.0. The largest absolute Gasteiger partial charge is 0.407 e. The van der Waals surface area contributed by atoms with Gasteiger partial charge in [-0.15, -0.1) is 0 Å². The van der Waals surface area contributed by atoms with E-state index in [9.17, 15) is 17.6 Å². The van der Waals surface area contributed by atoms with Crippen molar-refractivity contribution in [3.63, 3.8) is 0 Å². The summed E-state index contributed by atoms with van der Waals surface area (Å²) in [4.78, 5) is 0. The zero-order valence-corrected chi connectivity index (χ0v) is 7.40. The summed E-state index contributed by atoms with van der Waals surface area (Å²) >= 11 is 0. The van der Waals surface area contributed by atoms with Gasteiger partial charge in [0.2, 0.25) is 0 Å². The number of alkyl halides is 3. The van der Waals surface area contributed by atoms with Gasteiger partial charge in [-0.2, -0.15) is 13.2 Å². The highest BCUT2D eigenvalue weighted by molar-refractivity contribution is 5.28. The Kier molecular flexibility index (Phi) is 2.80. The van der Waals surface area contributed by atoms with Crippen molar-refractivity contribution in [3.05, 3.63) is 35.1 Å². The fourth-order valence-corrected chi connectivity index (χ4v) is 1.09. The van der Waals surface area contributed by atoms with Crippen molar-refractivity contribution in [1.29, 1.82) is 0 Å². The van der Waals surface area contributed by atoms with Crippen LogP contribution in [0.2, 0.25) is 0 Å². The van der Waals surface area contributed by atoms with Gasteiger partial charge in [0.1, 0.15) is 11.9 Å². The molecule has 0 amide bonds. The minimum atomic E-state index is -4.62. The molecular weight excluding hydrogens is 198 g/mol. The number of rotatable bonds is 1. The molecule has 0 saturated carbocycles. The lowest BCUT2D eigenvalue weighted by molar-refractivity contribution is -0.149. The molecule has 0 aliphatic heterocycles. The minimum Gasteiger partial charge on any atom is -0.316 e. The highest BCUT2D eigenvalue weighted by atomic mass is 19.4. The van der Waals surface area contributed by atoms with Crippen molar-refractivity contribution in [2.75, 3.05) is 0 Å². The first-order valence-electron chi connectivity index (χ1n) is 3.91. The molecule has 78 valence electrons. The molecule has 0 radical (unpaired) electrons. The summed E-state index contributed by atoms with van der Waals surface area (Å²) in [6.45, 7) is 1.39. The molecule has 0 spiro atoms. The van der Waals surface area contributed by atoms with Crippen LogP contribution >= 0.6 is 0 Å². The molecule has 0 unspecified atom stereocenters. The van der Waals surface area contributed by atoms with E-state index in [1.165, 1.54) is 19.1 Å². The van der Waals surface area contributed by atoms with Crippen LogP contribution in [0, 0.1) is 12.7 Å². The third kappa shape index (κ3) is 2.04. The van der Waals surface area contributed by atoms with Gasteiger partial charge < -0.3 is 5.73 Å². The van der Waals surface area contributed by atoms with Crippen molar-refractivity contribution in [1.82, 2.24) is 0 Å². The Morgan fingerprint density at radius 3 is 2.36 bits per heavy atom. The van der Waals surface area contributed by atoms with Gasteiger partial charge in [0.25, 0.3) is 0 Å². The fourth-order valence-electron chi connectivity index (χ4n) is 1.09. The molecule has 0 fully saturated rings. The summed E-state index contributed by atoms with van der Waals surface area (Å²) < 4.78 is 49.7. The van der Waals surface area contributed by atoms with E-state index < -0.39 is 23.6 Å². The van der Waals surface area contributed by atoms with Crippen LogP contribution in [0.15, 0.2) is 18.2 Å². The van der Waals surface area contributed by atoms with Gasteiger partial charge in [-0.25, -0.2) is 4.39 Å². The van der Waals surface area contributed by atoms with Crippen molar-refractivity contribution >= 4 is 0 Å². The van der Waals surface area contributed by atoms with Crippen molar-refractivity contribution in [2.24, 2.45) is 5.73 Å². The molecule has 0 aromatic heterocycles. The predicted molar refractivity (Wildman–Crippen MR) is 44.1 cm³/mol. The third-order valence-corrected chi connectivity index (χ3v) is 1.91. The maximum absolute atomic E-state index is 13.2. The van der Waals surface area contributed by atoms with Crippen LogP contribution in [0.1, 0.15) is 17.2 Å². The molecule has 1 rings (SSSR count). The van der Waals surface area contributed by atoms with Gasteiger partial charge in [-0.05, 0) is 12.5 Å². The molecule has 0 bridgehead atoms. The standard InChI is InChI=1S/C9H9F4N/c1-5-3-2-4-6(7(5)10)8(14)9(11,12)13/h2-4,8H,14H2,1H3/t8-/m1/s1. The Morgan fingerprint density at radius 1 is 1.29 bits per heavy atom. The third-order valence-electron chi connectivity index (χ3n) is 1.91. The molecule has 1 atom stereocenters. The lowest BCUT2D eigenvalue weighted by Gasteiger charge is -2.17. The topological polar surface area (TPSA) is 26.0 Å². The smallest absolute Gasteiger partial charge is 0.316 e. The fraction of sp³-hybridized carbons (Fsp3) is 0.333. The summed E-state index contributed by atoms with van der Waals surface area (Å²) in [5, 5.41) is 0. The molecule has 1 nitrogen and oxygen atoms in total. The van der Waals surface area contributed by atoms with Gasteiger partial charge in [0.15, 0.2) is 0 Å². The van der Waals surface area contributed by atoms with Crippen LogP contribution in [0.25, 0.3) is 0 Å². The van der Waals surface area contributed by atoms with E-state index in [4.69, 9.17) is 5.73 Å². The second-order valence-electron chi connectivity index (χ2n) is 3.00. The predicted octanol–water partition coefficient (Wildman–Crippen LogP) is 2.70. The summed E-state index contributed by atoms with van der Waals surface area (Å²) in [7, 11) is 0. The molecule has 0 saturated heterocycles. The van der Waals surface area contributed by atoms with Crippen LogP contribution in [-0.2, 0) is 0 Å². The lowest BCUT2D eigenvalue weighted by Crippen LogP contribution is -2.29. The number of aryl methyl sites for hydroxylation is 1. The van der Waals surface area contributed by atoms with Gasteiger partial charge in [-0.3, -0.25) is 0 Å². The van der Waals surface area contributed by atoms with Crippen LogP contribution in [0.5, 0.6) is 0 Å². The summed E-state index contributed by atoms with van der Waals surface area (Å²) in [6, 6.07) is 1.52. The average molecular weight is 207 g/mol. The molecule has 5 heteroatoms. The summed E-state index contributed by atoms with van der Waals surface area (Å²) in [6.07, 6.45) is -4.62. The summed E-state index contributed by atoms with van der Waals surface area (Å²) in [5.41, 5.74) is 4.52. The Balaban J connectivity index is 3.14. The second kappa shape index (κ2) is 3.57. The Hall–Kier alpha value is -1.10. The van der Waals surface area contributed by atoms with E-state index >= 15 is 0 Å². The number of halogens is 4. The molecular formula is C9H9F4N. The Labute approximate surface area is 78.5 Å². The first-order valence-corrected chi connectivity index (χ1v) is 3.91. The quantitative estimate of drug-likeness (QED) is 0.704. The number of nitrogens with two attached hydrogens (primary N) is 1. The molecule has 0 heterocycles. The van der Waals surface area contributed by atoms with Gasteiger partial charge in [0, 0.05) is 5.56 Å². The van der Waals surface area contributed by atoms with Gasteiger partial charge in [-0.1, -0.05) is 18.2 Å². The number of hydrogen-bond donors (Lipinski definition) is 1. The molecule has 14 heavy (non-hydrogen) atoms. The highest BCUT2D eigenvalue weighted by Crippen LogP contribution is 2.32. The molecule has 1 aromatic carbocycles. The van der Waals surface area contributed by atoms with E-state index in [-0.39, 0.29) is 5.56 Å². The van der Waals surface area contributed by atoms with Crippen molar-refractivity contribution in [2.45, 2.75) is 19.1 Å². The monoisotopic (exact) mass is 207 g/mol. The Bertz CT molecular complexity index is 332. The molecule has 0 aliphatic carbocycles. The van der Waals surface area contributed by atoms with Crippen molar-refractivity contribution in [3.8, 4) is 0 Å². The van der Waals surface area contributed by atoms with Gasteiger partial charge in [0.05, 0.1) is 0 Å². The van der Waals surface area contributed by atoms with Crippen molar-refractivity contribution < 1.29 is 17.6 Å². The maximum atomic E-state index is 13.2. The van der Waals surface area contributed by atoms with Crippen LogP contribution in [-0.4, -0.2) is 6.18 Å². The zero-order chi connectivity index (χ0) is 10.9. The first-order chi connectivity index (χ1) is 6.34. The van der Waals surface area contributed by atoms with Crippen LogP contribution < -0.4 is 5.73 Å². The van der Waals surface area contributed by atoms with Crippen LogP contribution in [0.4, 0.5) is 17.6 Å². The Morgan fingerprint density at radius 2 is 1.86 bits per heavy atom. The lowest BCUT2D eigenvalue weighted by atomic mass is 10.0. The second-order valence-corrected chi connectivity index (χ2v) is 3.00. The van der Waals surface area contributed by atoms with E-state index in [0.29, 0.717) is 0 Å². The number of hydrogen-bond acceptors (Lipinski definition) is 1. The minimum absolute atomic E-state index is 0.155. The zero-order valence-electron chi connectivity index (χ0n) is 7.40. The van der Waals surface area contributed by atoms with E-state index in [0.717, 1.165) is 6.07 Å². The number of benzene rings is 1. The van der Waals surface area contributed by atoms with E-state index in [1.807, 2.05) is 0 Å².